The highest BCUT2D eigenvalue weighted by Gasteiger charge is 2.23. The van der Waals surface area contributed by atoms with Gasteiger partial charge in [0.1, 0.15) is 10.6 Å². The summed E-state index contributed by atoms with van der Waals surface area (Å²) in [5.41, 5.74) is 2.22. The van der Waals surface area contributed by atoms with Crippen LogP contribution in [0.15, 0.2) is 41.6 Å². The number of fused-ring (bicyclic) bond motifs is 1. The van der Waals surface area contributed by atoms with Crippen LogP contribution in [0.5, 0.6) is 0 Å². The average molecular weight is 353 g/mol. The summed E-state index contributed by atoms with van der Waals surface area (Å²) in [5.74, 6) is 0.00963. The van der Waals surface area contributed by atoms with Crippen molar-refractivity contribution in [3.63, 3.8) is 0 Å². The fourth-order valence-corrected chi connectivity index (χ4v) is 2.90. The number of nitrogens with one attached hydrogen (secondary N) is 1. The van der Waals surface area contributed by atoms with E-state index in [4.69, 9.17) is 10.00 Å². The first-order valence-electron chi connectivity index (χ1n) is 7.54. The maximum atomic E-state index is 12.5. The predicted molar refractivity (Wildman–Crippen MR) is 95.2 cm³/mol. The molecular weight excluding hydrogens is 338 g/mol. The van der Waals surface area contributed by atoms with Crippen molar-refractivity contribution in [1.29, 1.82) is 5.26 Å². The minimum atomic E-state index is -0.465. The molecule has 0 aliphatic rings. The third-order valence-corrected chi connectivity index (χ3v) is 4.13. The van der Waals surface area contributed by atoms with Gasteiger partial charge in [-0.15, -0.1) is 11.8 Å². The molecule has 1 aromatic carbocycles. The Morgan fingerprint density at radius 2 is 2.12 bits per heavy atom. The monoisotopic (exact) mass is 353 g/mol. The zero-order chi connectivity index (χ0) is 17.8. The Balaban J connectivity index is 2.15. The van der Waals surface area contributed by atoms with E-state index in [1.54, 1.807) is 48.0 Å². The average Bonchev–Trinajstić information content (AvgIpc) is 3.10. The Labute approximate surface area is 148 Å². The number of carbonyl (C=O) groups is 1. The Morgan fingerprint density at radius 3 is 2.76 bits per heavy atom. The van der Waals surface area contributed by atoms with E-state index in [-0.39, 0.29) is 6.61 Å². The van der Waals surface area contributed by atoms with Crippen LogP contribution in [-0.4, -0.2) is 33.4 Å². The molecule has 0 aliphatic heterocycles. The van der Waals surface area contributed by atoms with E-state index in [0.29, 0.717) is 27.6 Å². The lowest BCUT2D eigenvalue weighted by Gasteiger charge is -2.15. The van der Waals surface area contributed by atoms with Gasteiger partial charge in [0.05, 0.1) is 24.4 Å². The number of ether oxygens (including phenoxy) is 1. The number of carbonyl (C=O) groups excluding carboxylic acids is 1. The molecule has 0 aliphatic carbocycles. The lowest BCUT2D eigenvalue weighted by atomic mass is 10.2. The van der Waals surface area contributed by atoms with Crippen molar-refractivity contribution in [2.24, 2.45) is 0 Å². The number of benzene rings is 1. The molecule has 0 amide bonds. The highest BCUT2D eigenvalue weighted by atomic mass is 32.2. The Hall–Kier alpha value is -3.05. The first-order valence-corrected chi connectivity index (χ1v) is 8.76. The fraction of sp³-hybridized carbons (Fsp3) is 0.176. The van der Waals surface area contributed by atoms with Gasteiger partial charge in [-0.3, -0.25) is 0 Å². The number of nitriles is 1. The van der Waals surface area contributed by atoms with Crippen LogP contribution in [0, 0.1) is 11.3 Å². The Morgan fingerprint density at radius 1 is 1.36 bits per heavy atom. The van der Waals surface area contributed by atoms with Crippen LogP contribution in [0.25, 0.3) is 5.65 Å². The van der Waals surface area contributed by atoms with Gasteiger partial charge < -0.3 is 10.1 Å². The minimum absolute atomic E-state index is 0.264. The second-order valence-electron chi connectivity index (χ2n) is 4.98. The molecule has 25 heavy (non-hydrogen) atoms. The molecule has 2 heterocycles. The Kier molecular flexibility index (Phi) is 4.86. The van der Waals surface area contributed by atoms with E-state index in [1.165, 1.54) is 11.8 Å². The molecule has 0 spiro atoms. The molecule has 126 valence electrons. The summed E-state index contributed by atoms with van der Waals surface area (Å²) in [4.78, 5) is 17.0. The second-order valence-corrected chi connectivity index (χ2v) is 5.78. The third kappa shape index (κ3) is 3.27. The van der Waals surface area contributed by atoms with Gasteiger partial charge in [0, 0.05) is 11.8 Å². The highest BCUT2D eigenvalue weighted by Crippen LogP contribution is 2.29. The van der Waals surface area contributed by atoms with Crippen molar-refractivity contribution < 1.29 is 9.53 Å². The van der Waals surface area contributed by atoms with Crippen LogP contribution in [0.3, 0.4) is 0 Å². The molecule has 2 aromatic heterocycles. The number of aromatic nitrogens is 3. The summed E-state index contributed by atoms with van der Waals surface area (Å²) in [7, 11) is 0. The van der Waals surface area contributed by atoms with Crippen molar-refractivity contribution in [2.75, 3.05) is 18.2 Å². The molecule has 8 heteroatoms. The van der Waals surface area contributed by atoms with Crippen LogP contribution in [0.4, 0.5) is 11.5 Å². The van der Waals surface area contributed by atoms with E-state index in [2.05, 4.69) is 21.5 Å². The molecular formula is C17H15N5O2S. The van der Waals surface area contributed by atoms with Crippen LogP contribution in [0.1, 0.15) is 22.8 Å². The van der Waals surface area contributed by atoms with E-state index >= 15 is 0 Å². The molecule has 0 radical (unpaired) electrons. The number of rotatable bonds is 5. The van der Waals surface area contributed by atoms with Crippen molar-refractivity contribution in [3.8, 4) is 6.07 Å². The first kappa shape index (κ1) is 16.8. The molecule has 0 saturated heterocycles. The predicted octanol–water partition coefficient (Wildman–Crippen LogP) is 3.24. The van der Waals surface area contributed by atoms with E-state index in [1.807, 2.05) is 6.26 Å². The smallest absolute Gasteiger partial charge is 0.344 e. The van der Waals surface area contributed by atoms with Gasteiger partial charge in [-0.1, -0.05) is 0 Å². The molecule has 0 unspecified atom stereocenters. The summed E-state index contributed by atoms with van der Waals surface area (Å²) >= 11 is 1.36. The van der Waals surface area contributed by atoms with Crippen LogP contribution in [0.2, 0.25) is 0 Å². The number of nitrogens with zero attached hydrogens (tertiary/aromatic N) is 4. The number of hydrogen-bond acceptors (Lipinski definition) is 7. The molecule has 7 nitrogen and oxygen atoms in total. The van der Waals surface area contributed by atoms with E-state index < -0.39 is 5.97 Å². The first-order chi connectivity index (χ1) is 12.2. The van der Waals surface area contributed by atoms with Gasteiger partial charge in [-0.2, -0.15) is 14.9 Å². The highest BCUT2D eigenvalue weighted by molar-refractivity contribution is 7.98. The Bertz CT molecular complexity index is 960. The van der Waals surface area contributed by atoms with Crippen molar-refractivity contribution in [3.05, 3.63) is 47.7 Å². The zero-order valence-electron chi connectivity index (χ0n) is 13.7. The van der Waals surface area contributed by atoms with E-state index in [9.17, 15) is 4.79 Å². The van der Waals surface area contributed by atoms with Gasteiger partial charge in [-0.05, 0) is 37.4 Å². The molecule has 0 saturated carbocycles. The van der Waals surface area contributed by atoms with Gasteiger partial charge >= 0.3 is 5.97 Å². The molecule has 3 aromatic rings. The van der Waals surface area contributed by atoms with Gasteiger partial charge in [0.2, 0.25) is 0 Å². The number of esters is 1. The van der Waals surface area contributed by atoms with Crippen LogP contribution >= 0.6 is 11.8 Å². The molecule has 3 rings (SSSR count). The van der Waals surface area contributed by atoms with Crippen molar-refractivity contribution >= 4 is 34.9 Å². The summed E-state index contributed by atoms with van der Waals surface area (Å²) in [6.07, 6.45) is 3.47. The van der Waals surface area contributed by atoms with Crippen LogP contribution in [-0.2, 0) is 4.74 Å². The lowest BCUT2D eigenvalue weighted by Crippen LogP contribution is -2.14. The molecule has 0 bridgehead atoms. The fourth-order valence-electron chi connectivity index (χ4n) is 2.34. The van der Waals surface area contributed by atoms with Gasteiger partial charge in [0.15, 0.2) is 11.5 Å². The van der Waals surface area contributed by atoms with Crippen molar-refractivity contribution in [1.82, 2.24) is 14.6 Å². The normalized spacial score (nSPS) is 10.4. The standard InChI is InChI=1S/C17H15N5O2S/c1-3-24-17(23)14-15(20-12-6-4-11(10-18)5-7-12)22-13(8-9-19-22)21-16(14)25-2/h4-9,20H,3H2,1-2H3. The second kappa shape index (κ2) is 7.23. The summed E-state index contributed by atoms with van der Waals surface area (Å²) in [6.45, 7) is 2.02. The third-order valence-electron chi connectivity index (χ3n) is 3.45. The number of hydrogen-bond donors (Lipinski definition) is 1. The summed E-state index contributed by atoms with van der Waals surface area (Å²) in [5, 5.41) is 16.9. The van der Waals surface area contributed by atoms with Gasteiger partial charge in [0.25, 0.3) is 0 Å². The SMILES string of the molecule is CCOC(=O)c1c(SC)nc2ccnn2c1Nc1ccc(C#N)cc1. The zero-order valence-corrected chi connectivity index (χ0v) is 14.5. The lowest BCUT2D eigenvalue weighted by molar-refractivity contribution is 0.0522. The maximum absolute atomic E-state index is 12.5. The summed E-state index contributed by atoms with van der Waals surface area (Å²) in [6, 6.07) is 10.8. The topological polar surface area (TPSA) is 92.3 Å². The molecule has 0 atom stereocenters. The number of anilines is 2. The minimum Gasteiger partial charge on any atom is -0.462 e. The van der Waals surface area contributed by atoms with Crippen molar-refractivity contribution in [2.45, 2.75) is 11.9 Å². The van der Waals surface area contributed by atoms with Gasteiger partial charge in [-0.25, -0.2) is 9.78 Å². The van der Waals surface area contributed by atoms with Crippen LogP contribution < -0.4 is 5.32 Å². The largest absolute Gasteiger partial charge is 0.462 e. The summed E-state index contributed by atoms with van der Waals surface area (Å²) < 4.78 is 6.75. The van der Waals surface area contributed by atoms with E-state index in [0.717, 1.165) is 5.69 Å². The molecule has 0 fully saturated rings. The quantitative estimate of drug-likeness (QED) is 0.427. The maximum Gasteiger partial charge on any atom is 0.344 e. The number of thioether (sulfide) groups is 1. The molecule has 1 N–H and O–H groups in total.